The molecule has 0 aromatic carbocycles. The van der Waals surface area contributed by atoms with Crippen LogP contribution in [0.4, 0.5) is 0 Å². The first kappa shape index (κ1) is 9.31. The van der Waals surface area contributed by atoms with E-state index in [4.69, 9.17) is 0 Å². The van der Waals surface area contributed by atoms with Gasteiger partial charge in [0.15, 0.2) is 0 Å². The third kappa shape index (κ3) is 1.68. The summed E-state index contributed by atoms with van der Waals surface area (Å²) < 4.78 is 4.16. The third-order valence-corrected chi connectivity index (χ3v) is 1.75. The molecule has 2 heterocycles. The van der Waals surface area contributed by atoms with Gasteiger partial charge in [-0.15, -0.1) is 5.06 Å². The van der Waals surface area contributed by atoms with Gasteiger partial charge < -0.3 is 4.84 Å². The molecule has 0 radical (unpaired) electrons. The SMILES string of the molecule is O=C(ON1C(=O)CCC1=O)c1cnon1. The number of carbonyl (C=O) groups excluding carboxylic acids is 3. The zero-order chi connectivity index (χ0) is 10.8. The number of aromatic nitrogens is 2. The van der Waals surface area contributed by atoms with Gasteiger partial charge in [-0.05, 0) is 5.16 Å². The lowest BCUT2D eigenvalue weighted by molar-refractivity contribution is -0.172. The Morgan fingerprint density at radius 2 is 2.07 bits per heavy atom. The molecule has 8 heteroatoms. The average Bonchev–Trinajstić information content (AvgIpc) is 2.82. The zero-order valence-corrected chi connectivity index (χ0v) is 7.37. The summed E-state index contributed by atoms with van der Waals surface area (Å²) in [6, 6.07) is 0. The van der Waals surface area contributed by atoms with Crippen molar-refractivity contribution in [3.8, 4) is 0 Å². The minimum absolute atomic E-state index is 0.0448. The Labute approximate surface area is 82.7 Å². The number of rotatable bonds is 2. The summed E-state index contributed by atoms with van der Waals surface area (Å²) >= 11 is 0. The van der Waals surface area contributed by atoms with Gasteiger partial charge in [-0.2, -0.15) is 0 Å². The fourth-order valence-electron chi connectivity index (χ4n) is 1.04. The maximum atomic E-state index is 11.2. The number of hydrogen-bond donors (Lipinski definition) is 0. The summed E-state index contributed by atoms with van der Waals surface area (Å²) in [5, 5.41) is 6.81. The van der Waals surface area contributed by atoms with Gasteiger partial charge in [-0.25, -0.2) is 9.42 Å². The molecule has 0 bridgehead atoms. The van der Waals surface area contributed by atoms with E-state index >= 15 is 0 Å². The van der Waals surface area contributed by atoms with E-state index in [0.717, 1.165) is 6.20 Å². The largest absolute Gasteiger partial charge is 0.387 e. The predicted octanol–water partition coefficient (Wildman–Crippen LogP) is -0.710. The standard InChI is InChI=1S/C7H5N3O5/c11-5-1-2-6(12)10(5)14-7(13)4-3-8-15-9-4/h3H,1-2H2. The molecule has 0 atom stereocenters. The molecule has 1 saturated heterocycles. The maximum Gasteiger partial charge on any atom is 0.387 e. The maximum absolute atomic E-state index is 11.2. The van der Waals surface area contributed by atoms with Gasteiger partial charge in [-0.1, -0.05) is 5.16 Å². The first-order valence-corrected chi connectivity index (χ1v) is 4.04. The van der Waals surface area contributed by atoms with E-state index in [1.807, 2.05) is 0 Å². The summed E-state index contributed by atoms with van der Waals surface area (Å²) in [6.45, 7) is 0. The molecule has 1 fully saturated rings. The monoisotopic (exact) mass is 211 g/mol. The Hall–Kier alpha value is -2.25. The Morgan fingerprint density at radius 1 is 1.40 bits per heavy atom. The number of nitrogens with zero attached hydrogens (tertiary/aromatic N) is 3. The Balaban J connectivity index is 2.06. The molecule has 78 valence electrons. The summed E-state index contributed by atoms with van der Waals surface area (Å²) in [4.78, 5) is 37.9. The molecule has 1 aliphatic heterocycles. The third-order valence-electron chi connectivity index (χ3n) is 1.75. The smallest absolute Gasteiger partial charge is 0.323 e. The molecule has 0 saturated carbocycles. The van der Waals surface area contributed by atoms with Gasteiger partial charge in [0.1, 0.15) is 6.20 Å². The first-order chi connectivity index (χ1) is 7.18. The van der Waals surface area contributed by atoms with Gasteiger partial charge in [0, 0.05) is 12.8 Å². The Bertz CT molecular complexity index is 396. The second-order valence-corrected chi connectivity index (χ2v) is 2.75. The van der Waals surface area contributed by atoms with E-state index in [9.17, 15) is 14.4 Å². The molecule has 2 amide bonds. The van der Waals surface area contributed by atoms with Crippen molar-refractivity contribution in [3.63, 3.8) is 0 Å². The molecule has 0 N–H and O–H groups in total. The number of hydroxylamine groups is 2. The van der Waals surface area contributed by atoms with E-state index in [1.165, 1.54) is 0 Å². The van der Waals surface area contributed by atoms with E-state index in [1.54, 1.807) is 0 Å². The van der Waals surface area contributed by atoms with E-state index in [0.29, 0.717) is 5.06 Å². The van der Waals surface area contributed by atoms with Crippen molar-refractivity contribution < 1.29 is 23.9 Å². The molecular weight excluding hydrogens is 206 g/mol. The molecule has 2 rings (SSSR count). The number of imide groups is 1. The van der Waals surface area contributed by atoms with Crippen LogP contribution in [0.1, 0.15) is 23.3 Å². The van der Waals surface area contributed by atoms with E-state index in [-0.39, 0.29) is 18.5 Å². The van der Waals surface area contributed by atoms with Crippen LogP contribution >= 0.6 is 0 Å². The van der Waals surface area contributed by atoms with Crippen molar-refractivity contribution in [1.82, 2.24) is 15.4 Å². The van der Waals surface area contributed by atoms with Crippen molar-refractivity contribution in [2.45, 2.75) is 12.8 Å². The predicted molar refractivity (Wildman–Crippen MR) is 40.8 cm³/mol. The van der Waals surface area contributed by atoms with Crippen LogP contribution in [0, 0.1) is 0 Å². The molecular formula is C7H5N3O5. The highest BCUT2D eigenvalue weighted by molar-refractivity contribution is 6.02. The molecule has 15 heavy (non-hydrogen) atoms. The fourth-order valence-corrected chi connectivity index (χ4v) is 1.04. The van der Waals surface area contributed by atoms with Crippen LogP contribution in [0.25, 0.3) is 0 Å². The van der Waals surface area contributed by atoms with Gasteiger partial charge >= 0.3 is 5.97 Å². The topological polar surface area (TPSA) is 103 Å². The van der Waals surface area contributed by atoms with Crippen LogP contribution in [0.5, 0.6) is 0 Å². The van der Waals surface area contributed by atoms with Gasteiger partial charge in [0.05, 0.1) is 0 Å². The highest BCUT2D eigenvalue weighted by atomic mass is 16.7. The van der Waals surface area contributed by atoms with Crippen molar-refractivity contribution in [3.05, 3.63) is 11.9 Å². The highest BCUT2D eigenvalue weighted by Crippen LogP contribution is 2.13. The van der Waals surface area contributed by atoms with Crippen LogP contribution in [0.3, 0.4) is 0 Å². The molecule has 1 aromatic rings. The van der Waals surface area contributed by atoms with Crippen molar-refractivity contribution in [2.24, 2.45) is 0 Å². The molecule has 1 aromatic heterocycles. The van der Waals surface area contributed by atoms with Gasteiger partial charge in [-0.3, -0.25) is 9.59 Å². The number of amides is 2. The van der Waals surface area contributed by atoms with Crippen LogP contribution in [-0.4, -0.2) is 33.2 Å². The molecule has 8 nitrogen and oxygen atoms in total. The molecule has 1 aliphatic rings. The molecule has 0 aliphatic carbocycles. The number of carbonyl (C=O) groups is 3. The lowest BCUT2D eigenvalue weighted by atomic mass is 10.4. The van der Waals surface area contributed by atoms with Gasteiger partial charge in [0.2, 0.25) is 5.69 Å². The second kappa shape index (κ2) is 3.48. The highest BCUT2D eigenvalue weighted by Gasteiger charge is 2.33. The first-order valence-electron chi connectivity index (χ1n) is 4.04. The zero-order valence-electron chi connectivity index (χ0n) is 7.37. The lowest BCUT2D eigenvalue weighted by Crippen LogP contribution is -2.32. The van der Waals surface area contributed by atoms with E-state index < -0.39 is 17.8 Å². The van der Waals surface area contributed by atoms with Crippen molar-refractivity contribution in [2.75, 3.05) is 0 Å². The van der Waals surface area contributed by atoms with Crippen LogP contribution in [0.15, 0.2) is 10.8 Å². The van der Waals surface area contributed by atoms with Crippen LogP contribution in [0.2, 0.25) is 0 Å². The van der Waals surface area contributed by atoms with E-state index in [2.05, 4.69) is 19.8 Å². The quantitative estimate of drug-likeness (QED) is 0.595. The van der Waals surface area contributed by atoms with Gasteiger partial charge in [0.25, 0.3) is 11.8 Å². The molecule has 0 spiro atoms. The second-order valence-electron chi connectivity index (χ2n) is 2.75. The summed E-state index contributed by atoms with van der Waals surface area (Å²) in [6.07, 6.45) is 1.11. The lowest BCUT2D eigenvalue weighted by Gasteiger charge is -2.10. The summed E-state index contributed by atoms with van der Waals surface area (Å²) in [7, 11) is 0. The number of hydrogen-bond acceptors (Lipinski definition) is 7. The Kier molecular flexibility index (Phi) is 2.16. The van der Waals surface area contributed by atoms with Crippen molar-refractivity contribution in [1.29, 1.82) is 0 Å². The van der Waals surface area contributed by atoms with Crippen LogP contribution < -0.4 is 0 Å². The minimum atomic E-state index is -0.958. The average molecular weight is 211 g/mol. The minimum Gasteiger partial charge on any atom is -0.323 e. The van der Waals surface area contributed by atoms with Crippen molar-refractivity contribution >= 4 is 17.8 Å². The Morgan fingerprint density at radius 3 is 2.60 bits per heavy atom. The fraction of sp³-hybridized carbons (Fsp3) is 0.286. The van der Waals surface area contributed by atoms with Crippen LogP contribution in [-0.2, 0) is 14.4 Å². The summed E-state index contributed by atoms with van der Waals surface area (Å²) in [5.41, 5.74) is -0.206. The molecule has 0 unspecified atom stereocenters. The normalized spacial score (nSPS) is 15.9. The summed E-state index contributed by atoms with van der Waals surface area (Å²) in [5.74, 6) is -2.06.